The van der Waals surface area contributed by atoms with Gasteiger partial charge in [0.25, 0.3) is 0 Å². The normalized spacial score (nSPS) is 16.0. The molecule has 0 unspecified atom stereocenters. The first-order chi connectivity index (χ1) is 13.6. The van der Waals surface area contributed by atoms with Crippen molar-refractivity contribution in [2.75, 3.05) is 54.6 Å². The van der Waals surface area contributed by atoms with Crippen molar-refractivity contribution < 1.29 is 14.2 Å². The molecule has 0 radical (unpaired) electrons. The topological polar surface area (TPSA) is 67.4 Å². The molecule has 0 spiro atoms. The van der Waals surface area contributed by atoms with E-state index in [0.717, 1.165) is 30.5 Å². The summed E-state index contributed by atoms with van der Waals surface area (Å²) >= 11 is 0. The molecule has 1 aromatic carbocycles. The van der Waals surface area contributed by atoms with Crippen molar-refractivity contribution in [3.8, 4) is 17.2 Å². The van der Waals surface area contributed by atoms with Crippen LogP contribution in [-0.2, 0) is 6.54 Å². The highest BCUT2D eigenvalue weighted by Gasteiger charge is 2.16. The number of likely N-dealkylation sites (tertiary alicyclic amines) is 1. The molecule has 0 amide bonds. The van der Waals surface area contributed by atoms with E-state index >= 15 is 0 Å². The highest BCUT2D eigenvalue weighted by atomic mass is 16.5. The largest absolute Gasteiger partial charge is 0.493 e. The molecule has 1 aliphatic heterocycles. The fraction of sp³-hybridized carbons (Fsp3) is 0.667. The zero-order valence-corrected chi connectivity index (χ0v) is 18.0. The minimum Gasteiger partial charge on any atom is -0.493 e. The van der Waals surface area contributed by atoms with E-state index in [1.54, 1.807) is 21.3 Å². The summed E-state index contributed by atoms with van der Waals surface area (Å²) in [5.74, 6) is 3.53. The Kier molecular flexibility index (Phi) is 9.20. The summed E-state index contributed by atoms with van der Waals surface area (Å²) in [6.45, 7) is 6.79. The van der Waals surface area contributed by atoms with E-state index in [1.165, 1.54) is 32.4 Å². The van der Waals surface area contributed by atoms with Gasteiger partial charge in [-0.3, -0.25) is 0 Å². The zero-order chi connectivity index (χ0) is 20.4. The SMILES string of the molecule is CCNC(=NCc1cc(OC)c(OC)c(OC)c1)NCCC1CCN(C)CC1. The average molecular weight is 393 g/mol. The lowest BCUT2D eigenvalue weighted by Gasteiger charge is -2.29. The third-order valence-corrected chi connectivity index (χ3v) is 5.17. The molecule has 28 heavy (non-hydrogen) atoms. The summed E-state index contributed by atoms with van der Waals surface area (Å²) in [5.41, 5.74) is 1.00. The molecule has 0 aromatic heterocycles. The molecule has 0 bridgehead atoms. The van der Waals surface area contributed by atoms with Crippen LogP contribution in [0.15, 0.2) is 17.1 Å². The summed E-state index contributed by atoms with van der Waals surface area (Å²) in [4.78, 5) is 7.13. The van der Waals surface area contributed by atoms with E-state index in [2.05, 4.69) is 29.5 Å². The molecule has 7 heteroatoms. The molecule has 2 N–H and O–H groups in total. The lowest BCUT2D eigenvalue weighted by molar-refractivity contribution is 0.213. The van der Waals surface area contributed by atoms with Crippen LogP contribution < -0.4 is 24.8 Å². The van der Waals surface area contributed by atoms with Crippen LogP contribution >= 0.6 is 0 Å². The van der Waals surface area contributed by atoms with Crippen LogP contribution in [0.2, 0.25) is 0 Å². The lowest BCUT2D eigenvalue weighted by Crippen LogP contribution is -2.39. The minimum atomic E-state index is 0.528. The number of nitrogens with one attached hydrogen (secondary N) is 2. The minimum absolute atomic E-state index is 0.528. The number of aliphatic imine (C=N–C) groups is 1. The van der Waals surface area contributed by atoms with Gasteiger partial charge >= 0.3 is 0 Å². The third kappa shape index (κ3) is 6.48. The number of methoxy groups -OCH3 is 3. The number of piperidine rings is 1. The Balaban J connectivity index is 1.96. The Morgan fingerprint density at radius 1 is 1.07 bits per heavy atom. The molecule has 7 nitrogen and oxygen atoms in total. The molecule has 0 saturated carbocycles. The Labute approximate surface area is 169 Å². The van der Waals surface area contributed by atoms with E-state index < -0.39 is 0 Å². The molecule has 158 valence electrons. The number of nitrogens with zero attached hydrogens (tertiary/aromatic N) is 2. The third-order valence-electron chi connectivity index (χ3n) is 5.17. The van der Waals surface area contributed by atoms with E-state index in [4.69, 9.17) is 19.2 Å². The van der Waals surface area contributed by atoms with Crippen LogP contribution in [0, 0.1) is 5.92 Å². The smallest absolute Gasteiger partial charge is 0.203 e. The highest BCUT2D eigenvalue weighted by Crippen LogP contribution is 2.38. The fourth-order valence-corrected chi connectivity index (χ4v) is 3.48. The highest BCUT2D eigenvalue weighted by molar-refractivity contribution is 5.79. The monoisotopic (exact) mass is 392 g/mol. The average Bonchev–Trinajstić information content (AvgIpc) is 2.72. The predicted molar refractivity (Wildman–Crippen MR) is 114 cm³/mol. The Morgan fingerprint density at radius 3 is 2.25 bits per heavy atom. The molecule has 0 aliphatic carbocycles. The van der Waals surface area contributed by atoms with Crippen molar-refractivity contribution in [1.29, 1.82) is 0 Å². The maximum Gasteiger partial charge on any atom is 0.203 e. The fourth-order valence-electron chi connectivity index (χ4n) is 3.48. The number of ether oxygens (including phenoxy) is 3. The number of hydrogen-bond donors (Lipinski definition) is 2. The van der Waals surface area contributed by atoms with Gasteiger partial charge in [0.2, 0.25) is 5.75 Å². The van der Waals surface area contributed by atoms with Crippen molar-refractivity contribution in [2.24, 2.45) is 10.9 Å². The second-order valence-electron chi connectivity index (χ2n) is 7.19. The van der Waals surface area contributed by atoms with Crippen molar-refractivity contribution in [2.45, 2.75) is 32.7 Å². The quantitative estimate of drug-likeness (QED) is 0.497. The van der Waals surface area contributed by atoms with E-state index in [9.17, 15) is 0 Å². The van der Waals surface area contributed by atoms with Gasteiger partial charge in [-0.1, -0.05) is 0 Å². The summed E-state index contributed by atoms with van der Waals surface area (Å²) in [6, 6.07) is 3.87. The molecule has 1 fully saturated rings. The number of guanidine groups is 1. The lowest BCUT2D eigenvalue weighted by atomic mass is 9.94. The molecule has 0 atom stereocenters. The molecule has 1 aromatic rings. The molecule has 1 saturated heterocycles. The van der Waals surface area contributed by atoms with Gasteiger partial charge in [0.1, 0.15) is 0 Å². The summed E-state index contributed by atoms with van der Waals surface area (Å²) in [6.07, 6.45) is 3.76. The van der Waals surface area contributed by atoms with Gasteiger partial charge in [0.05, 0.1) is 27.9 Å². The second kappa shape index (κ2) is 11.6. The Bertz CT molecular complexity index is 603. The summed E-state index contributed by atoms with van der Waals surface area (Å²) in [7, 11) is 7.06. The van der Waals surface area contributed by atoms with Gasteiger partial charge in [0, 0.05) is 13.1 Å². The van der Waals surface area contributed by atoms with Gasteiger partial charge in [-0.15, -0.1) is 0 Å². The molecule has 2 rings (SSSR count). The van der Waals surface area contributed by atoms with Crippen molar-refractivity contribution in [1.82, 2.24) is 15.5 Å². The first-order valence-corrected chi connectivity index (χ1v) is 10.1. The maximum absolute atomic E-state index is 5.43. The van der Waals surface area contributed by atoms with Crippen molar-refractivity contribution >= 4 is 5.96 Å². The molecular weight excluding hydrogens is 356 g/mol. The van der Waals surface area contributed by atoms with Crippen LogP contribution in [0.5, 0.6) is 17.2 Å². The van der Waals surface area contributed by atoms with Gasteiger partial charge in [-0.2, -0.15) is 0 Å². The summed E-state index contributed by atoms with van der Waals surface area (Å²) < 4.78 is 16.2. The number of benzene rings is 1. The molecule has 1 heterocycles. The van der Waals surface area contributed by atoms with Crippen LogP contribution in [0.25, 0.3) is 0 Å². The van der Waals surface area contributed by atoms with Gasteiger partial charge < -0.3 is 29.7 Å². The van der Waals surface area contributed by atoms with Crippen molar-refractivity contribution in [3.63, 3.8) is 0 Å². The Morgan fingerprint density at radius 2 is 1.71 bits per heavy atom. The van der Waals surface area contributed by atoms with E-state index in [1.807, 2.05) is 12.1 Å². The first kappa shape index (κ1) is 22.1. The zero-order valence-electron chi connectivity index (χ0n) is 18.0. The second-order valence-corrected chi connectivity index (χ2v) is 7.19. The van der Waals surface area contributed by atoms with Crippen molar-refractivity contribution in [3.05, 3.63) is 17.7 Å². The maximum atomic E-state index is 5.43. The number of hydrogen-bond acceptors (Lipinski definition) is 5. The number of rotatable bonds is 9. The van der Waals surface area contributed by atoms with Gasteiger partial charge in [-0.05, 0) is 69.9 Å². The first-order valence-electron chi connectivity index (χ1n) is 10.1. The van der Waals surface area contributed by atoms with Crippen LogP contribution in [0.4, 0.5) is 0 Å². The molecule has 1 aliphatic rings. The predicted octanol–water partition coefficient (Wildman–Crippen LogP) is 2.50. The Hall–Kier alpha value is -2.15. The van der Waals surface area contributed by atoms with Crippen LogP contribution in [-0.4, -0.2) is 65.4 Å². The van der Waals surface area contributed by atoms with Gasteiger partial charge in [0.15, 0.2) is 17.5 Å². The van der Waals surface area contributed by atoms with Crippen LogP contribution in [0.1, 0.15) is 31.7 Å². The van der Waals surface area contributed by atoms with E-state index in [0.29, 0.717) is 23.8 Å². The molecular formula is C21H36N4O3. The van der Waals surface area contributed by atoms with E-state index in [-0.39, 0.29) is 0 Å². The van der Waals surface area contributed by atoms with Crippen LogP contribution in [0.3, 0.4) is 0 Å². The summed E-state index contributed by atoms with van der Waals surface area (Å²) in [5, 5.41) is 6.79. The standard InChI is InChI=1S/C21H36N4O3/c1-6-22-21(23-10-7-16-8-11-25(2)12-9-16)24-15-17-13-18(26-3)20(28-5)19(14-17)27-4/h13-14,16H,6-12,15H2,1-5H3,(H2,22,23,24). The van der Waals surface area contributed by atoms with Gasteiger partial charge in [-0.25, -0.2) is 4.99 Å².